The average molecular weight is 191 g/mol. The van der Waals surface area contributed by atoms with Crippen LogP contribution in [0.15, 0.2) is 0 Å². The summed E-state index contributed by atoms with van der Waals surface area (Å²) in [5, 5.41) is 10.8. The third-order valence-electron chi connectivity index (χ3n) is 1.92. The Morgan fingerprint density at radius 1 is 1.54 bits per heavy atom. The fourth-order valence-electron chi connectivity index (χ4n) is 0.895. The molecule has 0 aliphatic heterocycles. The summed E-state index contributed by atoms with van der Waals surface area (Å²) in [6.45, 7) is 2.32. The highest BCUT2D eigenvalue weighted by Crippen LogP contribution is 2.07. The second-order valence-corrected chi connectivity index (χ2v) is 2.90. The highest BCUT2D eigenvalue weighted by molar-refractivity contribution is 5.84. The molecule has 0 fully saturated rings. The smallest absolute Gasteiger partial charge is 0.326 e. The van der Waals surface area contributed by atoms with Crippen LogP contribution in [0.5, 0.6) is 0 Å². The quantitative estimate of drug-likeness (QED) is 0.667. The number of hydrogen-bond donors (Lipinski definition) is 2. The first-order valence-electron chi connectivity index (χ1n) is 4.11. The minimum atomic E-state index is -1.18. The Hall–Kier alpha value is -1.13. The number of hydrogen-bond acceptors (Lipinski definition) is 2. The topological polar surface area (TPSA) is 66.4 Å². The lowest BCUT2D eigenvalue weighted by Gasteiger charge is -2.19. The summed E-state index contributed by atoms with van der Waals surface area (Å²) in [5.74, 6) is -2.21. The average Bonchev–Trinajstić information content (AvgIpc) is 2.11. The van der Waals surface area contributed by atoms with Crippen LogP contribution in [0.3, 0.4) is 0 Å². The molecule has 0 saturated carbocycles. The third-order valence-corrected chi connectivity index (χ3v) is 1.92. The van der Waals surface area contributed by atoms with Crippen LogP contribution in [0.2, 0.25) is 0 Å². The van der Waals surface area contributed by atoms with Crippen molar-refractivity contribution >= 4 is 11.9 Å². The lowest BCUT2D eigenvalue weighted by molar-refractivity contribution is -0.143. The second-order valence-electron chi connectivity index (χ2n) is 2.90. The van der Waals surface area contributed by atoms with Crippen molar-refractivity contribution in [1.29, 1.82) is 0 Å². The molecule has 2 atom stereocenters. The van der Waals surface area contributed by atoms with Gasteiger partial charge in [0.2, 0.25) is 0 Å². The Balaban J connectivity index is 4.26. The van der Waals surface area contributed by atoms with E-state index in [9.17, 15) is 14.0 Å². The van der Waals surface area contributed by atoms with Gasteiger partial charge < -0.3 is 10.4 Å². The van der Waals surface area contributed by atoms with Gasteiger partial charge in [-0.1, -0.05) is 20.3 Å². The van der Waals surface area contributed by atoms with E-state index in [0.29, 0.717) is 6.42 Å². The molecule has 0 aromatic heterocycles. The van der Waals surface area contributed by atoms with Gasteiger partial charge in [0.05, 0.1) is 0 Å². The highest BCUT2D eigenvalue weighted by atomic mass is 19.1. The summed E-state index contributed by atoms with van der Waals surface area (Å²) in [6, 6.07) is -0.992. The zero-order valence-electron chi connectivity index (χ0n) is 7.71. The summed E-state index contributed by atoms with van der Waals surface area (Å²) in [6.07, 6.45) is 0.615. The van der Waals surface area contributed by atoms with E-state index in [1.165, 1.54) is 0 Å². The van der Waals surface area contributed by atoms with Gasteiger partial charge in [0.15, 0.2) is 6.67 Å². The van der Waals surface area contributed by atoms with Crippen molar-refractivity contribution in [1.82, 2.24) is 5.32 Å². The lowest BCUT2D eigenvalue weighted by atomic mass is 9.99. The zero-order valence-corrected chi connectivity index (χ0v) is 7.71. The molecule has 0 bridgehead atoms. The van der Waals surface area contributed by atoms with E-state index >= 15 is 0 Å². The monoisotopic (exact) mass is 191 g/mol. The van der Waals surface area contributed by atoms with Gasteiger partial charge in [-0.25, -0.2) is 9.18 Å². The zero-order chi connectivity index (χ0) is 10.4. The first kappa shape index (κ1) is 11.9. The van der Waals surface area contributed by atoms with Gasteiger partial charge in [-0.15, -0.1) is 0 Å². The second kappa shape index (κ2) is 5.50. The van der Waals surface area contributed by atoms with Crippen molar-refractivity contribution in [2.24, 2.45) is 5.92 Å². The van der Waals surface area contributed by atoms with E-state index in [2.05, 4.69) is 5.32 Å². The van der Waals surface area contributed by atoms with Gasteiger partial charge in [-0.3, -0.25) is 4.79 Å². The first-order chi connectivity index (χ1) is 6.02. The fourth-order valence-corrected chi connectivity index (χ4v) is 0.895. The molecule has 2 unspecified atom stereocenters. The van der Waals surface area contributed by atoms with Crippen LogP contribution in [0.4, 0.5) is 4.39 Å². The van der Waals surface area contributed by atoms with Crippen LogP contribution < -0.4 is 5.32 Å². The summed E-state index contributed by atoms with van der Waals surface area (Å²) in [5.41, 5.74) is 0. The molecule has 1 amide bonds. The number of carboxylic acids is 1. The largest absolute Gasteiger partial charge is 0.480 e. The standard InChI is InChI=1S/C8H14FNO3/c1-3-5(2)7(8(12)13)10-6(11)4-9/h5,7H,3-4H2,1-2H3,(H,10,11)(H,12,13). The number of nitrogens with one attached hydrogen (secondary N) is 1. The summed E-state index contributed by atoms with van der Waals surface area (Å²) < 4.78 is 11.8. The van der Waals surface area contributed by atoms with Crippen LogP contribution in [-0.4, -0.2) is 29.7 Å². The maximum absolute atomic E-state index is 11.8. The molecular formula is C8H14FNO3. The Kier molecular flexibility index (Phi) is 5.03. The van der Waals surface area contributed by atoms with Crippen LogP contribution in [-0.2, 0) is 9.59 Å². The fraction of sp³-hybridized carbons (Fsp3) is 0.750. The predicted molar refractivity (Wildman–Crippen MR) is 45.0 cm³/mol. The molecule has 4 nitrogen and oxygen atoms in total. The summed E-state index contributed by atoms with van der Waals surface area (Å²) in [4.78, 5) is 21.2. The normalized spacial score (nSPS) is 14.7. The number of carbonyl (C=O) groups is 2. The molecule has 0 saturated heterocycles. The van der Waals surface area contributed by atoms with Gasteiger partial charge >= 0.3 is 5.97 Å². The molecule has 76 valence electrons. The molecule has 2 N–H and O–H groups in total. The number of carboxylic acid groups (broad SMARTS) is 1. The minimum absolute atomic E-state index is 0.201. The number of carbonyl (C=O) groups excluding carboxylic acids is 1. The Bertz CT molecular complexity index is 196. The van der Waals surface area contributed by atoms with E-state index in [1.807, 2.05) is 6.92 Å². The molecule has 0 rings (SSSR count). The number of alkyl halides is 1. The molecular weight excluding hydrogens is 177 g/mol. The molecule has 0 aromatic rings. The van der Waals surface area contributed by atoms with Crippen molar-refractivity contribution < 1.29 is 19.1 Å². The Morgan fingerprint density at radius 3 is 2.38 bits per heavy atom. The lowest BCUT2D eigenvalue weighted by Crippen LogP contribution is -2.45. The highest BCUT2D eigenvalue weighted by Gasteiger charge is 2.24. The van der Waals surface area contributed by atoms with Gasteiger partial charge in [-0.05, 0) is 5.92 Å². The summed E-state index contributed by atoms with van der Waals surface area (Å²) >= 11 is 0. The Morgan fingerprint density at radius 2 is 2.08 bits per heavy atom. The molecule has 0 aliphatic rings. The van der Waals surface area contributed by atoms with E-state index in [-0.39, 0.29) is 5.92 Å². The van der Waals surface area contributed by atoms with E-state index < -0.39 is 24.6 Å². The van der Waals surface area contributed by atoms with E-state index in [0.717, 1.165) is 0 Å². The number of rotatable bonds is 5. The number of amides is 1. The molecule has 0 radical (unpaired) electrons. The van der Waals surface area contributed by atoms with Gasteiger partial charge in [0.1, 0.15) is 6.04 Å². The van der Waals surface area contributed by atoms with Crippen molar-refractivity contribution in [2.45, 2.75) is 26.3 Å². The molecule has 0 heterocycles. The molecule has 0 aliphatic carbocycles. The molecule has 5 heteroatoms. The third kappa shape index (κ3) is 3.87. The van der Waals surface area contributed by atoms with Crippen LogP contribution >= 0.6 is 0 Å². The minimum Gasteiger partial charge on any atom is -0.480 e. The summed E-state index contributed by atoms with van der Waals surface area (Å²) in [7, 11) is 0. The number of halogens is 1. The maximum Gasteiger partial charge on any atom is 0.326 e. The Labute approximate surface area is 76.1 Å². The number of aliphatic carboxylic acids is 1. The maximum atomic E-state index is 11.8. The predicted octanol–water partition coefficient (Wildman–Crippen LogP) is 0.571. The van der Waals surface area contributed by atoms with E-state index in [1.54, 1.807) is 6.92 Å². The van der Waals surface area contributed by atoms with Gasteiger partial charge in [0.25, 0.3) is 5.91 Å². The van der Waals surface area contributed by atoms with Gasteiger partial charge in [0, 0.05) is 0 Å². The van der Waals surface area contributed by atoms with Crippen LogP contribution in [0.1, 0.15) is 20.3 Å². The molecule has 0 spiro atoms. The van der Waals surface area contributed by atoms with Crippen molar-refractivity contribution in [3.05, 3.63) is 0 Å². The molecule has 13 heavy (non-hydrogen) atoms. The van der Waals surface area contributed by atoms with Crippen LogP contribution in [0.25, 0.3) is 0 Å². The van der Waals surface area contributed by atoms with Crippen molar-refractivity contribution in [2.75, 3.05) is 6.67 Å². The van der Waals surface area contributed by atoms with E-state index in [4.69, 9.17) is 5.11 Å². The van der Waals surface area contributed by atoms with Gasteiger partial charge in [-0.2, -0.15) is 0 Å². The SMILES string of the molecule is CCC(C)C(NC(=O)CF)C(=O)O. The molecule has 0 aromatic carbocycles. The van der Waals surface area contributed by atoms with Crippen molar-refractivity contribution in [3.8, 4) is 0 Å². The first-order valence-corrected chi connectivity index (χ1v) is 4.11. The van der Waals surface area contributed by atoms with Crippen LogP contribution in [0, 0.1) is 5.92 Å². The van der Waals surface area contributed by atoms with Crippen molar-refractivity contribution in [3.63, 3.8) is 0 Å².